The van der Waals surface area contributed by atoms with Crippen LogP contribution in [0.3, 0.4) is 0 Å². The number of fused-ring (bicyclic) bond motifs is 1. The number of hydrogen-bond acceptors (Lipinski definition) is 3. The quantitative estimate of drug-likeness (QED) is 0.709. The van der Waals surface area contributed by atoms with Gasteiger partial charge in [0.25, 0.3) is 5.91 Å². The lowest BCUT2D eigenvalue weighted by atomic mass is 10.0. The van der Waals surface area contributed by atoms with E-state index in [0.717, 1.165) is 22.4 Å². The summed E-state index contributed by atoms with van der Waals surface area (Å²) in [5.41, 5.74) is 4.27. The first-order valence-corrected chi connectivity index (χ1v) is 9.88. The maximum absolute atomic E-state index is 12.4. The molecule has 29 heavy (non-hydrogen) atoms. The number of carbonyl (C=O) groups excluding carboxylic acids is 2. The average molecular weight is 388 g/mol. The lowest BCUT2D eigenvalue weighted by Gasteiger charge is -2.11. The summed E-state index contributed by atoms with van der Waals surface area (Å²) in [4.78, 5) is 24.5. The van der Waals surface area contributed by atoms with Crippen LogP contribution >= 0.6 is 0 Å². The lowest BCUT2D eigenvalue weighted by Crippen LogP contribution is -2.25. The van der Waals surface area contributed by atoms with Gasteiger partial charge in [-0.1, -0.05) is 36.4 Å². The molecule has 1 amide bonds. The van der Waals surface area contributed by atoms with Gasteiger partial charge in [0.15, 0.2) is 5.78 Å². The fraction of sp³-hybridized carbons (Fsp3) is 0.250. The van der Waals surface area contributed by atoms with Crippen LogP contribution in [0.5, 0.6) is 5.75 Å². The Morgan fingerprint density at radius 2 is 1.62 bits per heavy atom. The fourth-order valence-electron chi connectivity index (χ4n) is 3.59. The highest BCUT2D eigenvalue weighted by molar-refractivity contribution is 6.09. The van der Waals surface area contributed by atoms with Gasteiger partial charge in [-0.2, -0.15) is 0 Å². The van der Waals surface area contributed by atoms with Crippen LogP contribution < -0.4 is 10.1 Å². The van der Waals surface area contributed by atoms with Crippen LogP contribution in [0.4, 0.5) is 0 Å². The molecule has 0 saturated carbocycles. The highest BCUT2D eigenvalue weighted by atomic mass is 16.5. The Morgan fingerprint density at radius 3 is 2.28 bits per heavy atom. The van der Waals surface area contributed by atoms with Gasteiger partial charge in [0, 0.05) is 31.3 Å². The molecule has 2 aromatic carbocycles. The van der Waals surface area contributed by atoms with Crippen LogP contribution in [0.15, 0.2) is 60.8 Å². The molecule has 0 spiro atoms. The molecule has 0 radical (unpaired) electrons. The van der Waals surface area contributed by atoms with E-state index in [2.05, 4.69) is 41.7 Å². The van der Waals surface area contributed by atoms with Crippen molar-refractivity contribution in [2.45, 2.75) is 32.9 Å². The summed E-state index contributed by atoms with van der Waals surface area (Å²) in [5, 5.41) is 2.80. The van der Waals surface area contributed by atoms with Gasteiger partial charge >= 0.3 is 0 Å². The van der Waals surface area contributed by atoms with Crippen molar-refractivity contribution in [2.24, 2.45) is 0 Å². The summed E-state index contributed by atoms with van der Waals surface area (Å²) in [6.45, 7) is 4.95. The molecule has 148 valence electrons. The Bertz CT molecular complexity index is 1030. The fourth-order valence-corrected chi connectivity index (χ4v) is 3.59. The molecular weight excluding hydrogens is 364 g/mol. The van der Waals surface area contributed by atoms with E-state index >= 15 is 0 Å². The number of rotatable bonds is 5. The van der Waals surface area contributed by atoms with Crippen LogP contribution in [0.25, 0.3) is 11.1 Å². The summed E-state index contributed by atoms with van der Waals surface area (Å²) in [6, 6.07) is 18.1. The first-order chi connectivity index (χ1) is 14.0. The van der Waals surface area contributed by atoms with Gasteiger partial charge in [-0.25, -0.2) is 0 Å². The van der Waals surface area contributed by atoms with Crippen molar-refractivity contribution in [3.8, 4) is 16.9 Å². The molecule has 1 N–H and O–H groups in total. The Morgan fingerprint density at radius 1 is 0.966 bits per heavy atom. The third-order valence-corrected chi connectivity index (χ3v) is 4.98. The largest absolute Gasteiger partial charge is 0.491 e. The van der Waals surface area contributed by atoms with Gasteiger partial charge in [0.2, 0.25) is 0 Å². The Hall–Kier alpha value is -3.34. The summed E-state index contributed by atoms with van der Waals surface area (Å²) >= 11 is 0. The number of nitrogens with one attached hydrogen (secondary N) is 1. The van der Waals surface area contributed by atoms with Crippen molar-refractivity contribution < 1.29 is 14.3 Å². The van der Waals surface area contributed by atoms with Gasteiger partial charge in [-0.15, -0.1) is 0 Å². The Kier molecular flexibility index (Phi) is 5.21. The van der Waals surface area contributed by atoms with E-state index in [0.29, 0.717) is 30.8 Å². The first kappa shape index (κ1) is 19.0. The molecule has 0 atom stereocenters. The topological polar surface area (TPSA) is 60.3 Å². The predicted octanol–water partition coefficient (Wildman–Crippen LogP) is 4.31. The minimum Gasteiger partial charge on any atom is -0.491 e. The summed E-state index contributed by atoms with van der Waals surface area (Å²) in [7, 11) is 0. The Labute approximate surface area is 170 Å². The van der Waals surface area contributed by atoms with E-state index < -0.39 is 0 Å². The van der Waals surface area contributed by atoms with Gasteiger partial charge < -0.3 is 14.6 Å². The zero-order valence-electron chi connectivity index (χ0n) is 16.6. The molecule has 0 fully saturated rings. The molecule has 5 heteroatoms. The number of ether oxygens (including phenoxy) is 1. The summed E-state index contributed by atoms with van der Waals surface area (Å²) in [6.07, 6.45) is 2.31. The number of nitrogens with zero attached hydrogens (tertiary/aromatic N) is 1. The van der Waals surface area contributed by atoms with Gasteiger partial charge in [-0.3, -0.25) is 9.59 Å². The second-order valence-electron chi connectivity index (χ2n) is 7.52. The highest BCUT2D eigenvalue weighted by Gasteiger charge is 2.24. The van der Waals surface area contributed by atoms with Crippen molar-refractivity contribution in [3.63, 3.8) is 0 Å². The van der Waals surface area contributed by atoms with Crippen molar-refractivity contribution in [2.75, 3.05) is 6.54 Å². The number of hydrogen-bond donors (Lipinski definition) is 1. The molecule has 5 nitrogen and oxygen atoms in total. The SMILES string of the molecule is CC(C)Oc1ccc(-c2ccc(Cn3ccc4c3C(=O)NCCC4=O)cc2)cc1. The predicted molar refractivity (Wildman–Crippen MR) is 112 cm³/mol. The molecule has 4 rings (SSSR count). The minimum atomic E-state index is -0.184. The number of carbonyl (C=O) groups is 2. The lowest BCUT2D eigenvalue weighted by molar-refractivity contribution is 0.0947. The highest BCUT2D eigenvalue weighted by Crippen LogP contribution is 2.24. The van der Waals surface area contributed by atoms with Crippen LogP contribution in [-0.4, -0.2) is 28.9 Å². The molecule has 0 unspecified atom stereocenters. The van der Waals surface area contributed by atoms with Crippen LogP contribution in [-0.2, 0) is 6.54 Å². The van der Waals surface area contributed by atoms with E-state index in [1.165, 1.54) is 0 Å². The normalized spacial score (nSPS) is 13.8. The maximum atomic E-state index is 12.4. The average Bonchev–Trinajstić information content (AvgIpc) is 3.06. The number of ketones is 1. The monoisotopic (exact) mass is 388 g/mol. The van der Waals surface area contributed by atoms with Crippen molar-refractivity contribution in [3.05, 3.63) is 77.6 Å². The zero-order chi connectivity index (χ0) is 20.4. The van der Waals surface area contributed by atoms with Gasteiger partial charge in [0.05, 0.1) is 6.10 Å². The maximum Gasteiger partial charge on any atom is 0.268 e. The van der Waals surface area contributed by atoms with E-state index in [1.807, 2.05) is 36.7 Å². The van der Waals surface area contributed by atoms with Gasteiger partial charge in [0.1, 0.15) is 11.4 Å². The molecule has 1 aliphatic rings. The minimum absolute atomic E-state index is 0.0114. The van der Waals surface area contributed by atoms with E-state index in [4.69, 9.17) is 4.74 Å². The van der Waals surface area contributed by atoms with Crippen molar-refractivity contribution >= 4 is 11.7 Å². The van der Waals surface area contributed by atoms with Crippen LogP contribution in [0.2, 0.25) is 0 Å². The summed E-state index contributed by atoms with van der Waals surface area (Å²) < 4.78 is 7.54. The van der Waals surface area contributed by atoms with E-state index in [1.54, 1.807) is 6.07 Å². The number of benzene rings is 2. The molecule has 2 heterocycles. The summed E-state index contributed by atoms with van der Waals surface area (Å²) in [5.74, 6) is 0.690. The molecule has 0 bridgehead atoms. The second kappa shape index (κ2) is 7.95. The van der Waals surface area contributed by atoms with Crippen LogP contribution in [0, 0.1) is 0 Å². The second-order valence-corrected chi connectivity index (χ2v) is 7.52. The van der Waals surface area contributed by atoms with Crippen molar-refractivity contribution in [1.29, 1.82) is 0 Å². The number of amides is 1. The van der Waals surface area contributed by atoms with Gasteiger partial charge in [-0.05, 0) is 48.7 Å². The molecule has 0 aliphatic carbocycles. The Balaban J connectivity index is 1.52. The molecule has 0 saturated heterocycles. The smallest absolute Gasteiger partial charge is 0.268 e. The molecular formula is C24H24N2O3. The molecule has 1 aromatic heterocycles. The molecule has 1 aliphatic heterocycles. The first-order valence-electron chi connectivity index (χ1n) is 9.88. The van der Waals surface area contributed by atoms with Crippen LogP contribution in [0.1, 0.15) is 46.7 Å². The molecule has 3 aromatic rings. The van der Waals surface area contributed by atoms with Crippen molar-refractivity contribution in [1.82, 2.24) is 9.88 Å². The third-order valence-electron chi connectivity index (χ3n) is 4.98. The van der Waals surface area contributed by atoms with E-state index in [-0.39, 0.29) is 17.8 Å². The zero-order valence-corrected chi connectivity index (χ0v) is 16.6. The third kappa shape index (κ3) is 4.09. The van der Waals surface area contributed by atoms with E-state index in [9.17, 15) is 9.59 Å². The standard InChI is InChI=1S/C24H24N2O3/c1-16(2)29-20-9-7-19(8-10-20)18-5-3-17(4-6-18)15-26-14-12-21-22(27)11-13-25-24(28)23(21)26/h3-10,12,14,16H,11,13,15H2,1-2H3,(H,25,28). The number of Topliss-reactive ketones (excluding diaryl/α,β-unsaturated/α-hetero) is 1. The number of aromatic nitrogens is 1.